The van der Waals surface area contributed by atoms with Crippen molar-refractivity contribution < 1.29 is 10.0 Å². The first-order valence-corrected chi connectivity index (χ1v) is 10.1. The molecule has 1 N–H and O–H groups in total. The molecule has 3 aromatic rings. The highest BCUT2D eigenvalue weighted by Gasteiger charge is 2.45. The molecule has 144 valence electrons. The Morgan fingerprint density at radius 1 is 0.966 bits per heavy atom. The number of Topliss-reactive ketones (excluding diaryl/α,β-unsaturated/α-hetero) is 1. The van der Waals surface area contributed by atoms with Gasteiger partial charge in [-0.15, -0.1) is 0 Å². The first-order chi connectivity index (χ1) is 14.2. The second-order valence-electron chi connectivity index (χ2n) is 6.41. The summed E-state index contributed by atoms with van der Waals surface area (Å²) in [6, 6.07) is 21.8. The molecule has 4 rings (SSSR count). The zero-order valence-electron chi connectivity index (χ0n) is 15.1. The first-order valence-electron chi connectivity index (χ1n) is 8.91. The third-order valence-electron chi connectivity index (χ3n) is 4.60. The van der Waals surface area contributed by atoms with Crippen molar-refractivity contribution in [3.05, 3.63) is 95.3 Å². The summed E-state index contributed by atoms with van der Waals surface area (Å²) in [5.74, 6) is -1.25. The summed E-state index contributed by atoms with van der Waals surface area (Å²) in [6.45, 7) is 0. The molecule has 1 aliphatic rings. The normalized spacial score (nSPS) is 21.6. The molecule has 1 aliphatic heterocycles. The Balaban J connectivity index is 1.83. The summed E-state index contributed by atoms with van der Waals surface area (Å²) >= 11 is 7.18. The molecule has 0 saturated carbocycles. The van der Waals surface area contributed by atoms with Crippen LogP contribution in [-0.2, 0) is 0 Å². The molecular weight excluding hydrogens is 406 g/mol. The lowest BCUT2D eigenvalue weighted by Gasteiger charge is -2.18. The van der Waals surface area contributed by atoms with Crippen LogP contribution in [0.3, 0.4) is 0 Å². The van der Waals surface area contributed by atoms with Gasteiger partial charge >= 0.3 is 0 Å². The Kier molecular flexibility index (Phi) is 5.74. The Hall–Kier alpha value is -2.96. The van der Waals surface area contributed by atoms with E-state index in [4.69, 9.17) is 11.6 Å². The summed E-state index contributed by atoms with van der Waals surface area (Å²) in [4.78, 5) is 22.3. The quantitative estimate of drug-likeness (QED) is 0.339. The molecule has 2 unspecified atom stereocenters. The fourth-order valence-corrected chi connectivity index (χ4v) is 4.57. The molecule has 2 heterocycles. The number of ketones is 1. The van der Waals surface area contributed by atoms with Crippen molar-refractivity contribution in [3.63, 3.8) is 0 Å². The summed E-state index contributed by atoms with van der Waals surface area (Å²) in [5.41, 5.74) is 1.90. The molecule has 1 aromatic heterocycles. The number of oxime groups is 1. The number of aromatic nitrogens is 1. The lowest BCUT2D eigenvalue weighted by molar-refractivity contribution is 0.0947. The summed E-state index contributed by atoms with van der Waals surface area (Å²) in [6.07, 6.45) is 1.59. The van der Waals surface area contributed by atoms with E-state index in [1.807, 2.05) is 30.3 Å². The van der Waals surface area contributed by atoms with E-state index in [2.05, 4.69) is 15.1 Å². The molecule has 2 aromatic carbocycles. The Morgan fingerprint density at radius 2 is 1.69 bits per heavy atom. The third kappa shape index (κ3) is 4.09. The number of benzene rings is 2. The van der Waals surface area contributed by atoms with Crippen molar-refractivity contribution in [2.75, 3.05) is 0 Å². The summed E-state index contributed by atoms with van der Waals surface area (Å²) < 4.78 is 0. The number of carbonyl (C=O) groups excluding carboxylic acids is 1. The average Bonchev–Trinajstić information content (AvgIpc) is 3.14. The van der Waals surface area contributed by atoms with E-state index in [0.29, 0.717) is 26.5 Å². The van der Waals surface area contributed by atoms with Crippen molar-refractivity contribution in [2.45, 2.75) is 5.92 Å². The molecular formula is C22H16ClN3O2S. The van der Waals surface area contributed by atoms with Crippen molar-refractivity contribution in [1.82, 2.24) is 4.98 Å². The van der Waals surface area contributed by atoms with E-state index < -0.39 is 11.8 Å². The molecule has 0 bridgehead atoms. The molecule has 2 atom stereocenters. The van der Waals surface area contributed by atoms with Gasteiger partial charge in [0.25, 0.3) is 0 Å². The van der Waals surface area contributed by atoms with Crippen LogP contribution < -0.4 is 0 Å². The highest BCUT2D eigenvalue weighted by molar-refractivity contribution is 8.27. The van der Waals surface area contributed by atoms with Crippen LogP contribution in [0.4, 0.5) is 5.69 Å². The van der Waals surface area contributed by atoms with Crippen molar-refractivity contribution in [3.8, 4) is 0 Å². The molecule has 29 heavy (non-hydrogen) atoms. The summed E-state index contributed by atoms with van der Waals surface area (Å²) in [7, 11) is 0. The van der Waals surface area contributed by atoms with E-state index >= 15 is 0 Å². The van der Waals surface area contributed by atoms with Gasteiger partial charge in [0, 0.05) is 11.2 Å². The molecule has 0 aliphatic carbocycles. The largest absolute Gasteiger partial charge is 0.410 e. The minimum atomic E-state index is -0.640. The van der Waals surface area contributed by atoms with Gasteiger partial charge < -0.3 is 5.21 Å². The van der Waals surface area contributed by atoms with Gasteiger partial charge in [0.15, 0.2) is 5.78 Å². The highest BCUT2D eigenvalue weighted by atomic mass is 35.5. The van der Waals surface area contributed by atoms with Crippen molar-refractivity contribution in [1.29, 1.82) is 0 Å². The van der Waals surface area contributed by atoms with Gasteiger partial charge in [-0.3, -0.25) is 9.78 Å². The molecule has 0 radical (unpaired) electrons. The van der Waals surface area contributed by atoms with E-state index in [9.17, 15) is 10.0 Å². The van der Waals surface area contributed by atoms with Crippen LogP contribution in [-0.4, -0.2) is 26.1 Å². The van der Waals surface area contributed by atoms with Crippen LogP contribution in [0.25, 0.3) is 0 Å². The minimum Gasteiger partial charge on any atom is -0.410 e. The van der Waals surface area contributed by atoms with E-state index in [-0.39, 0.29) is 5.78 Å². The van der Waals surface area contributed by atoms with Gasteiger partial charge in [-0.25, -0.2) is 4.99 Å². The summed E-state index contributed by atoms with van der Waals surface area (Å²) in [5, 5.41) is 14.7. The van der Waals surface area contributed by atoms with Crippen LogP contribution >= 0.6 is 23.4 Å². The first kappa shape index (κ1) is 19.4. The minimum absolute atomic E-state index is 0.168. The number of nitrogens with zero attached hydrogens (tertiary/aromatic N) is 3. The van der Waals surface area contributed by atoms with Gasteiger partial charge in [-0.1, -0.05) is 64.9 Å². The predicted molar refractivity (Wildman–Crippen MR) is 117 cm³/mol. The third-order valence-corrected chi connectivity index (χ3v) is 5.95. The van der Waals surface area contributed by atoms with Gasteiger partial charge in [0.05, 0.1) is 22.6 Å². The highest BCUT2D eigenvalue weighted by Crippen LogP contribution is 2.44. The standard InChI is InChI=1S/C22H16ClN3O2S/c23-15-9-11-16(12-10-15)25-21-19(20(27)17-8-4-5-13-24-17)18(22(26-28)29-21)14-6-2-1-3-7-14/h1-13,18-19,28H. The number of halogens is 1. The molecule has 0 spiro atoms. The monoisotopic (exact) mass is 421 g/mol. The van der Waals surface area contributed by atoms with E-state index in [0.717, 1.165) is 5.56 Å². The maximum absolute atomic E-state index is 13.4. The van der Waals surface area contributed by atoms with Gasteiger partial charge in [0.2, 0.25) is 0 Å². The lowest BCUT2D eigenvalue weighted by Crippen LogP contribution is -2.26. The number of hydrogen-bond acceptors (Lipinski definition) is 6. The Labute approximate surface area is 177 Å². The molecule has 1 saturated heterocycles. The number of pyridine rings is 1. The fourth-order valence-electron chi connectivity index (χ4n) is 3.26. The zero-order chi connectivity index (χ0) is 20.2. The molecule has 7 heteroatoms. The molecule has 1 fully saturated rings. The second kappa shape index (κ2) is 8.59. The van der Waals surface area contributed by atoms with Crippen LogP contribution in [0, 0.1) is 5.92 Å². The maximum atomic E-state index is 13.4. The average molecular weight is 422 g/mol. The number of rotatable bonds is 4. The zero-order valence-corrected chi connectivity index (χ0v) is 16.7. The molecule has 0 amide bonds. The second-order valence-corrected chi connectivity index (χ2v) is 7.89. The number of thioether (sulfide) groups is 1. The van der Waals surface area contributed by atoms with Crippen LogP contribution in [0.2, 0.25) is 5.02 Å². The molecule has 5 nitrogen and oxygen atoms in total. The van der Waals surface area contributed by atoms with Gasteiger partial charge in [0.1, 0.15) is 10.7 Å². The topological polar surface area (TPSA) is 74.9 Å². The van der Waals surface area contributed by atoms with Gasteiger partial charge in [-0.2, -0.15) is 0 Å². The SMILES string of the molecule is O=C(c1ccccn1)C1C(=Nc2ccc(Cl)cc2)SC(=NO)C1c1ccccc1. The maximum Gasteiger partial charge on any atom is 0.191 e. The van der Waals surface area contributed by atoms with Crippen molar-refractivity contribution >= 4 is 44.9 Å². The van der Waals surface area contributed by atoms with Crippen LogP contribution in [0.5, 0.6) is 0 Å². The lowest BCUT2D eigenvalue weighted by atomic mass is 9.83. The number of hydrogen-bond donors (Lipinski definition) is 1. The number of carbonyl (C=O) groups is 1. The predicted octanol–water partition coefficient (Wildman–Crippen LogP) is 5.58. The number of aliphatic imine (C=N–C) groups is 1. The van der Waals surface area contributed by atoms with Crippen LogP contribution in [0.1, 0.15) is 22.0 Å². The van der Waals surface area contributed by atoms with E-state index in [1.54, 1.807) is 48.7 Å². The smallest absolute Gasteiger partial charge is 0.191 e. The Morgan fingerprint density at radius 3 is 2.34 bits per heavy atom. The van der Waals surface area contributed by atoms with Crippen LogP contribution in [0.15, 0.2) is 89.1 Å². The van der Waals surface area contributed by atoms with Crippen molar-refractivity contribution in [2.24, 2.45) is 16.1 Å². The van der Waals surface area contributed by atoms with Gasteiger partial charge in [-0.05, 0) is 42.0 Å². The Bertz CT molecular complexity index is 1070. The van der Waals surface area contributed by atoms with E-state index in [1.165, 1.54) is 11.8 Å². The fraction of sp³-hybridized carbons (Fsp3) is 0.0909.